The fourth-order valence-electron chi connectivity index (χ4n) is 1.60. The van der Waals surface area contributed by atoms with Gasteiger partial charge in [0.2, 0.25) is 0 Å². The monoisotopic (exact) mass is 232 g/mol. The van der Waals surface area contributed by atoms with Crippen molar-refractivity contribution in [2.75, 3.05) is 26.0 Å². The van der Waals surface area contributed by atoms with E-state index in [1.807, 2.05) is 14.1 Å². The zero-order valence-electron chi connectivity index (χ0n) is 10.9. The molecule has 0 fully saturated rings. The maximum atomic E-state index is 9.01. The fraction of sp³-hybridized carbons (Fsp3) is 0.538. The lowest BCUT2D eigenvalue weighted by Crippen LogP contribution is -2.36. The Bertz CT molecular complexity index is 393. The van der Waals surface area contributed by atoms with Crippen LogP contribution in [0.4, 0.5) is 5.82 Å². The van der Waals surface area contributed by atoms with Gasteiger partial charge in [-0.3, -0.25) is 0 Å². The number of anilines is 1. The molecule has 0 spiro atoms. The minimum absolute atomic E-state index is 0.284. The molecule has 1 heterocycles. The van der Waals surface area contributed by atoms with Crippen molar-refractivity contribution in [3.05, 3.63) is 23.9 Å². The smallest absolute Gasteiger partial charge is 0.144 e. The lowest BCUT2D eigenvalue weighted by Gasteiger charge is -2.26. The van der Waals surface area contributed by atoms with Gasteiger partial charge in [0.1, 0.15) is 11.9 Å². The first-order valence-electron chi connectivity index (χ1n) is 5.81. The third-order valence-corrected chi connectivity index (χ3v) is 2.62. The lowest BCUT2D eigenvalue weighted by atomic mass is 10.0. The Kier molecular flexibility index (Phi) is 4.92. The Morgan fingerprint density at radius 3 is 2.71 bits per heavy atom. The number of nitrogens with one attached hydrogen (secondary N) is 1. The number of rotatable bonds is 5. The Balaban J connectivity index is 2.83. The van der Waals surface area contributed by atoms with E-state index in [0.29, 0.717) is 17.3 Å². The molecule has 1 unspecified atom stereocenters. The van der Waals surface area contributed by atoms with Crippen molar-refractivity contribution in [3.8, 4) is 6.07 Å². The molecule has 0 aliphatic carbocycles. The molecule has 1 aromatic heterocycles. The number of likely N-dealkylation sites (N-methyl/N-ethyl adjacent to an activating group) is 1. The maximum absolute atomic E-state index is 9.01. The molecule has 0 bridgehead atoms. The Labute approximate surface area is 103 Å². The molecular weight excluding hydrogens is 212 g/mol. The van der Waals surface area contributed by atoms with Gasteiger partial charge >= 0.3 is 0 Å². The molecule has 0 radical (unpaired) electrons. The minimum Gasteiger partial charge on any atom is -0.365 e. The first-order chi connectivity index (χ1) is 8.04. The summed E-state index contributed by atoms with van der Waals surface area (Å²) in [5.74, 6) is 1.15. The van der Waals surface area contributed by atoms with Gasteiger partial charge in [-0.1, -0.05) is 13.8 Å². The van der Waals surface area contributed by atoms with E-state index in [-0.39, 0.29) is 6.04 Å². The molecular formula is C13H20N4. The average Bonchev–Trinajstić information content (AvgIpc) is 2.28. The Hall–Kier alpha value is -1.60. The summed E-state index contributed by atoms with van der Waals surface area (Å²) in [5.41, 5.74) is 0.594. The van der Waals surface area contributed by atoms with Crippen LogP contribution in [-0.4, -0.2) is 36.6 Å². The van der Waals surface area contributed by atoms with Crippen LogP contribution in [-0.2, 0) is 0 Å². The van der Waals surface area contributed by atoms with Crippen LogP contribution in [0.2, 0.25) is 0 Å². The molecule has 1 N–H and O–H groups in total. The topological polar surface area (TPSA) is 52.0 Å². The van der Waals surface area contributed by atoms with Gasteiger partial charge < -0.3 is 10.2 Å². The molecule has 1 aromatic rings. The van der Waals surface area contributed by atoms with Crippen LogP contribution >= 0.6 is 0 Å². The van der Waals surface area contributed by atoms with Crippen molar-refractivity contribution in [3.63, 3.8) is 0 Å². The molecule has 1 atom stereocenters. The van der Waals surface area contributed by atoms with Crippen LogP contribution in [0.25, 0.3) is 0 Å². The summed E-state index contributed by atoms with van der Waals surface area (Å²) in [6.07, 6.45) is 1.70. The number of nitriles is 1. The summed E-state index contributed by atoms with van der Waals surface area (Å²) in [4.78, 5) is 6.36. The quantitative estimate of drug-likeness (QED) is 0.843. The van der Waals surface area contributed by atoms with Crippen LogP contribution in [0.5, 0.6) is 0 Å². The standard InChI is InChI=1S/C13H20N4/c1-10(2)12(9-17(3)4)16-13-11(8-14)6-5-7-15-13/h5-7,10,12H,9H2,1-4H3,(H,15,16). The first-order valence-corrected chi connectivity index (χ1v) is 5.81. The van der Waals surface area contributed by atoms with E-state index >= 15 is 0 Å². The van der Waals surface area contributed by atoms with E-state index in [1.165, 1.54) is 0 Å². The first kappa shape index (κ1) is 13.5. The second kappa shape index (κ2) is 6.21. The Morgan fingerprint density at radius 2 is 2.18 bits per heavy atom. The SMILES string of the molecule is CC(C)C(CN(C)C)Nc1ncccc1C#N. The van der Waals surface area contributed by atoms with Gasteiger partial charge in [0.05, 0.1) is 5.56 Å². The van der Waals surface area contributed by atoms with E-state index in [0.717, 1.165) is 6.54 Å². The van der Waals surface area contributed by atoms with Crippen molar-refractivity contribution in [1.82, 2.24) is 9.88 Å². The molecule has 0 aromatic carbocycles. The van der Waals surface area contributed by atoms with Gasteiger partial charge in [0.25, 0.3) is 0 Å². The number of hydrogen-bond donors (Lipinski definition) is 1. The number of aromatic nitrogens is 1. The summed E-state index contributed by atoms with van der Waals surface area (Å²) in [5, 5.41) is 12.4. The molecule has 0 aliphatic heterocycles. The molecule has 0 aliphatic rings. The predicted octanol–water partition coefficient (Wildman–Crippen LogP) is 1.95. The molecule has 4 nitrogen and oxygen atoms in total. The summed E-state index contributed by atoms with van der Waals surface area (Å²) in [7, 11) is 4.08. The summed E-state index contributed by atoms with van der Waals surface area (Å²) < 4.78 is 0. The number of hydrogen-bond acceptors (Lipinski definition) is 4. The maximum Gasteiger partial charge on any atom is 0.144 e. The lowest BCUT2D eigenvalue weighted by molar-refractivity contribution is 0.344. The van der Waals surface area contributed by atoms with Crippen LogP contribution in [0, 0.1) is 17.2 Å². The van der Waals surface area contributed by atoms with E-state index in [9.17, 15) is 0 Å². The largest absolute Gasteiger partial charge is 0.365 e. The van der Waals surface area contributed by atoms with E-state index < -0.39 is 0 Å². The van der Waals surface area contributed by atoms with Crippen LogP contribution in [0.15, 0.2) is 18.3 Å². The van der Waals surface area contributed by atoms with Gasteiger partial charge in [-0.2, -0.15) is 5.26 Å². The van der Waals surface area contributed by atoms with Crippen molar-refractivity contribution in [2.24, 2.45) is 5.92 Å². The third-order valence-electron chi connectivity index (χ3n) is 2.62. The molecule has 0 saturated carbocycles. The molecule has 0 saturated heterocycles. The van der Waals surface area contributed by atoms with Gasteiger partial charge in [-0.25, -0.2) is 4.98 Å². The zero-order valence-corrected chi connectivity index (χ0v) is 10.9. The van der Waals surface area contributed by atoms with Crippen molar-refractivity contribution < 1.29 is 0 Å². The minimum atomic E-state index is 0.284. The van der Waals surface area contributed by atoms with Gasteiger partial charge in [-0.15, -0.1) is 0 Å². The molecule has 1 rings (SSSR count). The summed E-state index contributed by atoms with van der Waals surface area (Å²) in [6, 6.07) is 6.00. The van der Waals surface area contributed by atoms with Gasteiger partial charge in [0, 0.05) is 18.8 Å². The van der Waals surface area contributed by atoms with Gasteiger partial charge in [-0.05, 0) is 32.1 Å². The second-order valence-corrected chi connectivity index (χ2v) is 4.77. The Morgan fingerprint density at radius 1 is 1.47 bits per heavy atom. The highest BCUT2D eigenvalue weighted by Gasteiger charge is 2.16. The highest BCUT2D eigenvalue weighted by molar-refractivity contribution is 5.51. The molecule has 4 heteroatoms. The van der Waals surface area contributed by atoms with Crippen molar-refractivity contribution in [1.29, 1.82) is 5.26 Å². The summed E-state index contributed by atoms with van der Waals surface area (Å²) in [6.45, 7) is 5.24. The molecule has 92 valence electrons. The van der Waals surface area contributed by atoms with E-state index in [1.54, 1.807) is 18.3 Å². The van der Waals surface area contributed by atoms with Crippen molar-refractivity contribution in [2.45, 2.75) is 19.9 Å². The molecule has 17 heavy (non-hydrogen) atoms. The van der Waals surface area contributed by atoms with Crippen LogP contribution < -0.4 is 5.32 Å². The highest BCUT2D eigenvalue weighted by atomic mass is 15.1. The molecule has 0 amide bonds. The van der Waals surface area contributed by atoms with Gasteiger partial charge in [0.15, 0.2) is 0 Å². The van der Waals surface area contributed by atoms with Crippen molar-refractivity contribution >= 4 is 5.82 Å². The fourth-order valence-corrected chi connectivity index (χ4v) is 1.60. The normalized spacial score (nSPS) is 12.5. The van der Waals surface area contributed by atoms with E-state index in [2.05, 4.69) is 35.1 Å². The highest BCUT2D eigenvalue weighted by Crippen LogP contribution is 2.14. The predicted molar refractivity (Wildman–Crippen MR) is 69.8 cm³/mol. The summed E-state index contributed by atoms with van der Waals surface area (Å²) >= 11 is 0. The number of nitrogens with zero attached hydrogens (tertiary/aromatic N) is 3. The van der Waals surface area contributed by atoms with E-state index in [4.69, 9.17) is 5.26 Å². The average molecular weight is 232 g/mol. The van der Waals surface area contributed by atoms with Crippen LogP contribution in [0.1, 0.15) is 19.4 Å². The number of pyridine rings is 1. The van der Waals surface area contributed by atoms with Crippen LogP contribution in [0.3, 0.4) is 0 Å². The zero-order chi connectivity index (χ0) is 12.8. The third kappa shape index (κ3) is 4.04. The second-order valence-electron chi connectivity index (χ2n) is 4.77.